The molecule has 0 aliphatic rings. The number of benzene rings is 1. The average Bonchev–Trinajstić information content (AvgIpc) is 2.69. The molecule has 9 nitrogen and oxygen atoms in total. The monoisotopic (exact) mass is 409 g/mol. The molecule has 2 rings (SSSR count). The van der Waals surface area contributed by atoms with E-state index in [1.54, 1.807) is 19.2 Å². The number of ether oxygens (including phenoxy) is 3. The summed E-state index contributed by atoms with van der Waals surface area (Å²) in [4.78, 5) is 16.5. The smallest absolute Gasteiger partial charge is 0.242 e. The lowest BCUT2D eigenvalue weighted by atomic mass is 10.3. The van der Waals surface area contributed by atoms with Crippen LogP contribution in [0.5, 0.6) is 11.6 Å². The van der Waals surface area contributed by atoms with Crippen molar-refractivity contribution in [2.75, 3.05) is 32.8 Å². The van der Waals surface area contributed by atoms with Gasteiger partial charge in [0.2, 0.25) is 21.8 Å². The Labute approximate surface area is 164 Å². The highest BCUT2D eigenvalue weighted by molar-refractivity contribution is 7.89. The summed E-state index contributed by atoms with van der Waals surface area (Å²) < 4.78 is 42.6. The van der Waals surface area contributed by atoms with Gasteiger partial charge < -0.3 is 19.5 Å². The molecule has 0 unspecified atom stereocenters. The van der Waals surface area contributed by atoms with E-state index in [0.29, 0.717) is 18.0 Å². The summed E-state index contributed by atoms with van der Waals surface area (Å²) in [5.41, 5.74) is 0.332. The number of nitrogens with one attached hydrogen (secondary N) is 2. The number of amides is 1. The number of rotatable bonds is 10. The lowest BCUT2D eigenvalue weighted by Gasteiger charge is -2.16. The summed E-state index contributed by atoms with van der Waals surface area (Å²) in [5, 5.41) is 2.62. The van der Waals surface area contributed by atoms with Crippen LogP contribution in [0.2, 0.25) is 0 Å². The Kier molecular flexibility index (Phi) is 7.73. The van der Waals surface area contributed by atoms with Crippen LogP contribution in [-0.2, 0) is 19.6 Å². The van der Waals surface area contributed by atoms with Crippen molar-refractivity contribution in [1.82, 2.24) is 9.71 Å². The molecule has 10 heteroatoms. The Balaban J connectivity index is 2.04. The van der Waals surface area contributed by atoms with Crippen LogP contribution in [0.3, 0.4) is 0 Å². The molecule has 1 atom stereocenters. The first-order chi connectivity index (χ1) is 13.4. The summed E-state index contributed by atoms with van der Waals surface area (Å²) in [6.07, 6.45) is 1.52. The van der Waals surface area contributed by atoms with E-state index in [0.717, 1.165) is 0 Å². The molecule has 2 aromatic rings. The SMILES string of the molecule is COCCOc1ncccc1NC(=O)[C@H](C)NS(=O)(=O)c1ccc(OC)cc1. The number of carbonyl (C=O) groups is 1. The van der Waals surface area contributed by atoms with Crippen LogP contribution in [0.25, 0.3) is 0 Å². The number of sulfonamides is 1. The number of carbonyl (C=O) groups excluding carboxylic acids is 1. The Morgan fingerprint density at radius 2 is 1.86 bits per heavy atom. The highest BCUT2D eigenvalue weighted by atomic mass is 32.2. The lowest BCUT2D eigenvalue weighted by molar-refractivity contribution is -0.117. The van der Waals surface area contributed by atoms with Crippen LogP contribution in [0.1, 0.15) is 6.92 Å². The fourth-order valence-electron chi connectivity index (χ4n) is 2.17. The summed E-state index contributed by atoms with van der Waals surface area (Å²) in [6, 6.07) is 8.06. The van der Waals surface area contributed by atoms with Crippen LogP contribution in [-0.4, -0.2) is 52.8 Å². The van der Waals surface area contributed by atoms with Gasteiger partial charge in [0.25, 0.3) is 0 Å². The molecule has 1 amide bonds. The molecular formula is C18H23N3O6S. The van der Waals surface area contributed by atoms with E-state index in [-0.39, 0.29) is 17.4 Å². The average molecular weight is 409 g/mol. The van der Waals surface area contributed by atoms with Gasteiger partial charge in [-0.3, -0.25) is 4.79 Å². The molecule has 1 aromatic heterocycles. The van der Waals surface area contributed by atoms with E-state index in [9.17, 15) is 13.2 Å². The Hall–Kier alpha value is -2.69. The number of nitrogens with zero attached hydrogens (tertiary/aromatic N) is 1. The first kappa shape index (κ1) is 21.6. The molecule has 2 N–H and O–H groups in total. The largest absolute Gasteiger partial charge is 0.497 e. The number of anilines is 1. The van der Waals surface area contributed by atoms with Gasteiger partial charge in [-0.25, -0.2) is 13.4 Å². The fourth-order valence-corrected chi connectivity index (χ4v) is 3.38. The topological polar surface area (TPSA) is 116 Å². The summed E-state index contributed by atoms with van der Waals surface area (Å²) in [5.74, 6) is 0.196. The first-order valence-electron chi connectivity index (χ1n) is 8.41. The van der Waals surface area contributed by atoms with Crippen LogP contribution in [0.15, 0.2) is 47.5 Å². The third-order valence-electron chi connectivity index (χ3n) is 3.65. The van der Waals surface area contributed by atoms with Crippen molar-refractivity contribution in [2.24, 2.45) is 0 Å². The maximum Gasteiger partial charge on any atom is 0.242 e. The Morgan fingerprint density at radius 1 is 1.14 bits per heavy atom. The second-order valence-corrected chi connectivity index (χ2v) is 7.42. The molecule has 0 saturated carbocycles. The number of methoxy groups -OCH3 is 2. The number of aromatic nitrogens is 1. The second kappa shape index (κ2) is 10.0. The standard InChI is InChI=1S/C18H23N3O6S/c1-13(21-28(23,24)15-8-6-14(26-3)7-9-15)17(22)20-16-5-4-10-19-18(16)27-12-11-25-2/h4-10,13,21H,11-12H2,1-3H3,(H,20,22)/t13-/m0/s1. The molecule has 0 spiro atoms. The van der Waals surface area contributed by atoms with E-state index in [1.165, 1.54) is 44.5 Å². The second-order valence-electron chi connectivity index (χ2n) is 5.71. The van der Waals surface area contributed by atoms with Crippen molar-refractivity contribution in [2.45, 2.75) is 17.9 Å². The predicted octanol–water partition coefficient (Wildman–Crippen LogP) is 1.42. The molecule has 0 bridgehead atoms. The normalized spacial score (nSPS) is 12.2. The highest BCUT2D eigenvalue weighted by Gasteiger charge is 2.23. The molecule has 0 saturated heterocycles. The van der Waals surface area contributed by atoms with Gasteiger partial charge in [-0.1, -0.05) is 0 Å². The molecule has 0 aliphatic heterocycles. The molecular weight excluding hydrogens is 386 g/mol. The third kappa shape index (κ3) is 5.91. The summed E-state index contributed by atoms with van der Waals surface area (Å²) >= 11 is 0. The zero-order valence-corrected chi connectivity index (χ0v) is 16.7. The number of pyridine rings is 1. The van der Waals surface area contributed by atoms with Gasteiger partial charge in [0.15, 0.2) is 0 Å². The minimum absolute atomic E-state index is 0.0258. The highest BCUT2D eigenvalue weighted by Crippen LogP contribution is 2.21. The van der Waals surface area contributed by atoms with Gasteiger partial charge in [-0.2, -0.15) is 4.72 Å². The zero-order valence-electron chi connectivity index (χ0n) is 15.8. The van der Waals surface area contributed by atoms with Gasteiger partial charge in [-0.15, -0.1) is 0 Å². The molecule has 1 heterocycles. The molecule has 0 aliphatic carbocycles. The zero-order chi connectivity index (χ0) is 20.6. The molecule has 152 valence electrons. The fraction of sp³-hybridized carbons (Fsp3) is 0.333. The molecule has 1 aromatic carbocycles. The first-order valence-corrected chi connectivity index (χ1v) is 9.89. The van der Waals surface area contributed by atoms with Gasteiger partial charge in [0, 0.05) is 13.3 Å². The van der Waals surface area contributed by atoms with Crippen molar-refractivity contribution in [3.05, 3.63) is 42.6 Å². The van der Waals surface area contributed by atoms with Crippen LogP contribution in [0.4, 0.5) is 5.69 Å². The quantitative estimate of drug-likeness (QED) is 0.570. The van der Waals surface area contributed by atoms with E-state index in [4.69, 9.17) is 14.2 Å². The van der Waals surface area contributed by atoms with E-state index in [2.05, 4.69) is 15.0 Å². The third-order valence-corrected chi connectivity index (χ3v) is 5.21. The molecule has 0 fully saturated rings. The van der Waals surface area contributed by atoms with Gasteiger partial charge >= 0.3 is 0 Å². The van der Waals surface area contributed by atoms with Crippen molar-refractivity contribution >= 4 is 21.6 Å². The van der Waals surface area contributed by atoms with Gasteiger partial charge in [0.05, 0.1) is 24.7 Å². The van der Waals surface area contributed by atoms with Crippen LogP contribution >= 0.6 is 0 Å². The van der Waals surface area contributed by atoms with Crippen LogP contribution < -0.4 is 19.5 Å². The van der Waals surface area contributed by atoms with Crippen molar-refractivity contribution in [1.29, 1.82) is 0 Å². The molecule has 0 radical (unpaired) electrons. The molecule has 28 heavy (non-hydrogen) atoms. The maximum absolute atomic E-state index is 12.5. The lowest BCUT2D eigenvalue weighted by Crippen LogP contribution is -2.41. The van der Waals surface area contributed by atoms with Crippen molar-refractivity contribution in [3.63, 3.8) is 0 Å². The number of hydrogen-bond acceptors (Lipinski definition) is 7. The Bertz CT molecular complexity index is 886. The summed E-state index contributed by atoms with van der Waals surface area (Å²) in [6.45, 7) is 2.07. The Morgan fingerprint density at radius 3 is 2.50 bits per heavy atom. The van der Waals surface area contributed by atoms with E-state index >= 15 is 0 Å². The minimum atomic E-state index is -3.88. The number of hydrogen-bond donors (Lipinski definition) is 2. The summed E-state index contributed by atoms with van der Waals surface area (Å²) in [7, 11) is -0.851. The van der Waals surface area contributed by atoms with Crippen molar-refractivity contribution < 1.29 is 27.4 Å². The van der Waals surface area contributed by atoms with E-state index < -0.39 is 22.0 Å². The van der Waals surface area contributed by atoms with Crippen molar-refractivity contribution in [3.8, 4) is 11.6 Å². The van der Waals surface area contributed by atoms with E-state index in [1.807, 2.05) is 0 Å². The predicted molar refractivity (Wildman–Crippen MR) is 103 cm³/mol. The maximum atomic E-state index is 12.5. The minimum Gasteiger partial charge on any atom is -0.497 e. The van der Waals surface area contributed by atoms with Gasteiger partial charge in [0.1, 0.15) is 18.0 Å². The van der Waals surface area contributed by atoms with Crippen LogP contribution in [0, 0.1) is 0 Å². The van der Waals surface area contributed by atoms with Gasteiger partial charge in [-0.05, 0) is 43.3 Å².